The van der Waals surface area contributed by atoms with Gasteiger partial charge in [-0.1, -0.05) is 0 Å². The lowest BCUT2D eigenvalue weighted by molar-refractivity contribution is 0.102. The quantitative estimate of drug-likeness (QED) is 0.720. The Morgan fingerprint density at radius 2 is 1.91 bits per heavy atom. The van der Waals surface area contributed by atoms with Crippen LogP contribution < -0.4 is 10.1 Å². The Bertz CT molecular complexity index is 906. The van der Waals surface area contributed by atoms with Crippen molar-refractivity contribution in [2.24, 2.45) is 0 Å². The van der Waals surface area contributed by atoms with Crippen LogP contribution in [0, 0.1) is 17.5 Å². The fourth-order valence-corrected chi connectivity index (χ4v) is 2.23. The van der Waals surface area contributed by atoms with E-state index < -0.39 is 29.0 Å². The van der Waals surface area contributed by atoms with Crippen LogP contribution in [-0.2, 0) is 0 Å². The van der Waals surface area contributed by atoms with Gasteiger partial charge in [-0.05, 0) is 24.3 Å². The van der Waals surface area contributed by atoms with E-state index in [1.807, 2.05) is 0 Å². The van der Waals surface area contributed by atoms with E-state index in [-0.39, 0.29) is 5.56 Å². The smallest absolute Gasteiger partial charge is 0.257 e. The molecule has 0 radical (unpaired) electrons. The number of halogens is 3. The number of anilines is 1. The van der Waals surface area contributed by atoms with Gasteiger partial charge in [0.2, 0.25) is 0 Å². The Balaban J connectivity index is 1.94. The normalized spacial score (nSPS) is 10.8. The van der Waals surface area contributed by atoms with E-state index in [2.05, 4.69) is 10.3 Å². The molecule has 0 saturated heterocycles. The van der Waals surface area contributed by atoms with Crippen LogP contribution in [0.25, 0.3) is 10.9 Å². The van der Waals surface area contributed by atoms with Gasteiger partial charge in [0.25, 0.3) is 5.91 Å². The summed E-state index contributed by atoms with van der Waals surface area (Å²) in [6.45, 7) is 0. The molecule has 0 atom stereocenters. The highest BCUT2D eigenvalue weighted by atomic mass is 19.2. The van der Waals surface area contributed by atoms with Crippen LogP contribution in [-0.4, -0.2) is 18.0 Å². The monoisotopic (exact) mass is 320 g/mol. The Labute approximate surface area is 128 Å². The molecule has 118 valence electrons. The van der Waals surface area contributed by atoms with Crippen molar-refractivity contribution in [2.75, 3.05) is 12.4 Å². The van der Waals surface area contributed by atoms with E-state index in [1.54, 1.807) is 18.2 Å². The fourth-order valence-electron chi connectivity index (χ4n) is 2.23. The minimum absolute atomic E-state index is 0.242. The molecule has 1 heterocycles. The van der Waals surface area contributed by atoms with Gasteiger partial charge >= 0.3 is 0 Å². The number of rotatable bonds is 3. The van der Waals surface area contributed by atoms with Crippen molar-refractivity contribution in [3.8, 4) is 5.75 Å². The molecule has 0 aliphatic heterocycles. The fraction of sp³-hybridized carbons (Fsp3) is 0.0625. The summed E-state index contributed by atoms with van der Waals surface area (Å²) in [5.41, 5.74) is 0.462. The molecule has 0 fully saturated rings. The van der Waals surface area contributed by atoms with Crippen LogP contribution in [0.15, 0.2) is 36.5 Å². The second-order valence-electron chi connectivity index (χ2n) is 4.79. The van der Waals surface area contributed by atoms with Crippen molar-refractivity contribution in [1.82, 2.24) is 4.98 Å². The van der Waals surface area contributed by atoms with Crippen LogP contribution >= 0.6 is 0 Å². The van der Waals surface area contributed by atoms with Crippen LogP contribution in [0.2, 0.25) is 0 Å². The lowest BCUT2D eigenvalue weighted by atomic mass is 10.1. The molecular formula is C16H11F3N2O2. The SMILES string of the molecule is COc1ccc2c(C(=O)Nc3ccc(F)c(F)c3F)c[nH]c2c1. The number of carbonyl (C=O) groups is 1. The summed E-state index contributed by atoms with van der Waals surface area (Å²) in [6, 6.07) is 6.74. The van der Waals surface area contributed by atoms with Gasteiger partial charge in [0.15, 0.2) is 17.5 Å². The van der Waals surface area contributed by atoms with Crippen molar-refractivity contribution in [3.05, 3.63) is 59.5 Å². The van der Waals surface area contributed by atoms with Gasteiger partial charge in [-0.2, -0.15) is 0 Å². The number of benzene rings is 2. The summed E-state index contributed by atoms with van der Waals surface area (Å²) < 4.78 is 44.8. The predicted octanol–water partition coefficient (Wildman–Crippen LogP) is 3.85. The highest BCUT2D eigenvalue weighted by Crippen LogP contribution is 2.25. The highest BCUT2D eigenvalue weighted by Gasteiger charge is 2.18. The van der Waals surface area contributed by atoms with Gasteiger partial charge in [0.1, 0.15) is 5.75 Å². The van der Waals surface area contributed by atoms with E-state index in [1.165, 1.54) is 13.3 Å². The van der Waals surface area contributed by atoms with Crippen LogP contribution in [0.4, 0.5) is 18.9 Å². The number of fused-ring (bicyclic) bond motifs is 1. The maximum absolute atomic E-state index is 13.6. The first-order valence-corrected chi connectivity index (χ1v) is 6.61. The maximum Gasteiger partial charge on any atom is 0.257 e. The first kappa shape index (κ1) is 15.0. The average Bonchev–Trinajstić information content (AvgIpc) is 2.98. The third kappa shape index (κ3) is 2.61. The molecule has 1 aromatic heterocycles. The number of aromatic nitrogens is 1. The molecule has 0 spiro atoms. The standard InChI is InChI=1S/C16H11F3N2O2/c1-23-8-2-3-9-10(7-20-13(9)6-8)16(22)21-12-5-4-11(17)14(18)15(12)19/h2-7,20H,1H3,(H,21,22). The molecule has 2 aromatic carbocycles. The summed E-state index contributed by atoms with van der Waals surface area (Å²) in [7, 11) is 1.52. The molecule has 7 heteroatoms. The van der Waals surface area contributed by atoms with Crippen LogP contribution in [0.5, 0.6) is 5.75 Å². The number of aromatic amines is 1. The van der Waals surface area contributed by atoms with E-state index in [4.69, 9.17) is 4.74 Å². The van der Waals surface area contributed by atoms with Gasteiger partial charge < -0.3 is 15.0 Å². The van der Waals surface area contributed by atoms with Gasteiger partial charge in [0, 0.05) is 23.2 Å². The van der Waals surface area contributed by atoms with Crippen molar-refractivity contribution in [1.29, 1.82) is 0 Å². The Kier molecular flexibility index (Phi) is 3.69. The number of amides is 1. The molecule has 3 aromatic rings. The number of H-pyrrole nitrogens is 1. The molecule has 3 rings (SSSR count). The van der Waals surface area contributed by atoms with E-state index in [0.717, 1.165) is 12.1 Å². The Hall–Kier alpha value is -2.96. The summed E-state index contributed by atoms with van der Waals surface area (Å²) in [5, 5.41) is 2.82. The van der Waals surface area contributed by atoms with Crippen molar-refractivity contribution in [2.45, 2.75) is 0 Å². The van der Waals surface area contributed by atoms with Gasteiger partial charge in [0.05, 0.1) is 18.4 Å². The van der Waals surface area contributed by atoms with Crippen LogP contribution in [0.1, 0.15) is 10.4 Å². The second kappa shape index (κ2) is 5.68. The lowest BCUT2D eigenvalue weighted by Crippen LogP contribution is -2.13. The van der Waals surface area contributed by atoms with Crippen LogP contribution in [0.3, 0.4) is 0 Å². The number of nitrogens with one attached hydrogen (secondary N) is 2. The van der Waals surface area contributed by atoms with Crippen molar-refractivity contribution in [3.63, 3.8) is 0 Å². The number of carbonyl (C=O) groups excluding carboxylic acids is 1. The van der Waals surface area contributed by atoms with Crippen molar-refractivity contribution >= 4 is 22.5 Å². The molecule has 23 heavy (non-hydrogen) atoms. The molecule has 1 amide bonds. The largest absolute Gasteiger partial charge is 0.497 e. The Morgan fingerprint density at radius 3 is 2.65 bits per heavy atom. The summed E-state index contributed by atoms with van der Waals surface area (Å²) in [4.78, 5) is 15.1. The first-order valence-electron chi connectivity index (χ1n) is 6.61. The number of hydrogen-bond acceptors (Lipinski definition) is 2. The second-order valence-corrected chi connectivity index (χ2v) is 4.79. The summed E-state index contributed by atoms with van der Waals surface area (Å²) in [5.74, 6) is -4.43. The zero-order chi connectivity index (χ0) is 16.6. The third-order valence-electron chi connectivity index (χ3n) is 3.42. The molecule has 0 aliphatic rings. The third-order valence-corrected chi connectivity index (χ3v) is 3.42. The zero-order valence-electron chi connectivity index (χ0n) is 11.9. The molecular weight excluding hydrogens is 309 g/mol. The predicted molar refractivity (Wildman–Crippen MR) is 79.1 cm³/mol. The molecule has 0 unspecified atom stereocenters. The minimum atomic E-state index is -1.63. The van der Waals surface area contributed by atoms with Gasteiger partial charge in [-0.3, -0.25) is 4.79 Å². The molecule has 0 aliphatic carbocycles. The number of ether oxygens (including phenoxy) is 1. The summed E-state index contributed by atoms with van der Waals surface area (Å²) in [6.07, 6.45) is 1.44. The van der Waals surface area contributed by atoms with Gasteiger partial charge in [-0.15, -0.1) is 0 Å². The number of hydrogen-bond donors (Lipinski definition) is 2. The maximum atomic E-state index is 13.6. The highest BCUT2D eigenvalue weighted by molar-refractivity contribution is 6.12. The van der Waals surface area contributed by atoms with Gasteiger partial charge in [-0.25, -0.2) is 13.2 Å². The topological polar surface area (TPSA) is 54.1 Å². The molecule has 0 saturated carbocycles. The average molecular weight is 320 g/mol. The minimum Gasteiger partial charge on any atom is -0.497 e. The Morgan fingerprint density at radius 1 is 1.13 bits per heavy atom. The van der Waals surface area contributed by atoms with Crippen molar-refractivity contribution < 1.29 is 22.7 Å². The molecule has 0 bridgehead atoms. The van der Waals surface area contributed by atoms with E-state index in [0.29, 0.717) is 16.7 Å². The lowest BCUT2D eigenvalue weighted by Gasteiger charge is -2.07. The van der Waals surface area contributed by atoms with E-state index >= 15 is 0 Å². The summed E-state index contributed by atoms with van der Waals surface area (Å²) >= 11 is 0. The number of methoxy groups -OCH3 is 1. The molecule has 4 nitrogen and oxygen atoms in total. The zero-order valence-corrected chi connectivity index (χ0v) is 11.9. The first-order chi connectivity index (χ1) is 11.0. The molecule has 2 N–H and O–H groups in total. The van der Waals surface area contributed by atoms with E-state index in [9.17, 15) is 18.0 Å².